The number of anilines is 1. The first kappa shape index (κ1) is 16.8. The second-order valence-corrected chi connectivity index (χ2v) is 7.31. The Hall–Kier alpha value is -2.62. The third kappa shape index (κ3) is 3.24. The molecule has 0 radical (unpaired) electrons. The Kier molecular flexibility index (Phi) is 4.49. The van der Waals surface area contributed by atoms with Gasteiger partial charge < -0.3 is 10.2 Å². The van der Waals surface area contributed by atoms with Crippen LogP contribution >= 0.6 is 0 Å². The van der Waals surface area contributed by atoms with Gasteiger partial charge in [-0.3, -0.25) is 9.59 Å². The predicted molar refractivity (Wildman–Crippen MR) is 102 cm³/mol. The SMILES string of the molecule is CN(C(=O)C1CC1)c1ccccc1C(=O)N[C@@H]1CCCc2ccccc21. The Balaban J connectivity index is 1.57. The molecule has 0 heterocycles. The summed E-state index contributed by atoms with van der Waals surface area (Å²) >= 11 is 0. The Morgan fingerprint density at radius 1 is 1.00 bits per heavy atom. The van der Waals surface area contributed by atoms with Gasteiger partial charge in [0.25, 0.3) is 5.91 Å². The lowest BCUT2D eigenvalue weighted by Gasteiger charge is -2.27. The van der Waals surface area contributed by atoms with Crippen molar-refractivity contribution in [3.63, 3.8) is 0 Å². The highest BCUT2D eigenvalue weighted by Gasteiger charge is 2.33. The molecule has 0 spiro atoms. The van der Waals surface area contributed by atoms with Gasteiger partial charge in [-0.25, -0.2) is 0 Å². The Morgan fingerprint density at radius 2 is 1.73 bits per heavy atom. The normalized spacial score (nSPS) is 18.7. The van der Waals surface area contributed by atoms with Crippen LogP contribution in [0.25, 0.3) is 0 Å². The van der Waals surface area contributed by atoms with Gasteiger partial charge in [0.1, 0.15) is 0 Å². The lowest BCUT2D eigenvalue weighted by Crippen LogP contribution is -2.34. The number of aryl methyl sites for hydroxylation is 1. The van der Waals surface area contributed by atoms with Crippen LogP contribution in [-0.4, -0.2) is 18.9 Å². The van der Waals surface area contributed by atoms with Crippen molar-refractivity contribution >= 4 is 17.5 Å². The number of nitrogens with one attached hydrogen (secondary N) is 1. The monoisotopic (exact) mass is 348 g/mol. The van der Waals surface area contributed by atoms with Gasteiger partial charge in [-0.15, -0.1) is 0 Å². The first-order chi connectivity index (χ1) is 12.6. The van der Waals surface area contributed by atoms with E-state index < -0.39 is 0 Å². The second-order valence-electron chi connectivity index (χ2n) is 7.31. The molecular formula is C22H24N2O2. The van der Waals surface area contributed by atoms with Crippen LogP contribution in [0.4, 0.5) is 5.69 Å². The van der Waals surface area contributed by atoms with Crippen molar-refractivity contribution < 1.29 is 9.59 Å². The first-order valence-electron chi connectivity index (χ1n) is 9.40. The van der Waals surface area contributed by atoms with E-state index in [1.54, 1.807) is 18.0 Å². The molecule has 2 amide bonds. The van der Waals surface area contributed by atoms with Crippen molar-refractivity contribution in [2.45, 2.75) is 38.1 Å². The van der Waals surface area contributed by atoms with E-state index in [1.165, 1.54) is 11.1 Å². The van der Waals surface area contributed by atoms with Gasteiger partial charge in [0.2, 0.25) is 5.91 Å². The van der Waals surface area contributed by atoms with E-state index in [0.717, 1.165) is 32.1 Å². The molecule has 0 saturated heterocycles. The average Bonchev–Trinajstić information content (AvgIpc) is 3.52. The quantitative estimate of drug-likeness (QED) is 0.912. The number of hydrogen-bond acceptors (Lipinski definition) is 2. The van der Waals surface area contributed by atoms with Gasteiger partial charge in [0.05, 0.1) is 17.3 Å². The fourth-order valence-electron chi connectivity index (χ4n) is 3.82. The molecule has 4 rings (SSSR count). The fraction of sp³-hybridized carbons (Fsp3) is 0.364. The summed E-state index contributed by atoms with van der Waals surface area (Å²) in [5.41, 5.74) is 3.78. The smallest absolute Gasteiger partial charge is 0.253 e. The van der Waals surface area contributed by atoms with Gasteiger partial charge in [0.15, 0.2) is 0 Å². The molecule has 2 aliphatic carbocycles. The standard InChI is InChI=1S/C22H24N2O2/c1-24(22(26)16-13-14-16)20-12-5-4-10-18(20)21(25)23-19-11-6-8-15-7-2-3-9-17(15)19/h2-5,7,9-10,12,16,19H,6,8,11,13-14H2,1H3,(H,23,25)/t19-/m1/s1. The molecule has 4 heteroatoms. The maximum Gasteiger partial charge on any atom is 0.253 e. The fourth-order valence-corrected chi connectivity index (χ4v) is 3.82. The van der Waals surface area contributed by atoms with E-state index in [4.69, 9.17) is 0 Å². The van der Waals surface area contributed by atoms with Crippen LogP contribution in [-0.2, 0) is 11.2 Å². The van der Waals surface area contributed by atoms with Crippen molar-refractivity contribution in [3.8, 4) is 0 Å². The number of nitrogens with zero attached hydrogens (tertiary/aromatic N) is 1. The van der Waals surface area contributed by atoms with Crippen LogP contribution < -0.4 is 10.2 Å². The number of benzene rings is 2. The summed E-state index contributed by atoms with van der Waals surface area (Å²) in [5.74, 6) is 0.118. The first-order valence-corrected chi connectivity index (χ1v) is 9.40. The molecule has 26 heavy (non-hydrogen) atoms. The van der Waals surface area contributed by atoms with Gasteiger partial charge in [-0.2, -0.15) is 0 Å². The third-order valence-corrected chi connectivity index (χ3v) is 5.44. The van der Waals surface area contributed by atoms with Crippen LogP contribution in [0.3, 0.4) is 0 Å². The van der Waals surface area contributed by atoms with Gasteiger partial charge in [0, 0.05) is 13.0 Å². The topological polar surface area (TPSA) is 49.4 Å². The van der Waals surface area contributed by atoms with E-state index in [2.05, 4.69) is 23.5 Å². The maximum atomic E-state index is 13.0. The van der Waals surface area contributed by atoms with Crippen LogP contribution in [0.2, 0.25) is 0 Å². The number of carbonyl (C=O) groups excluding carboxylic acids is 2. The summed E-state index contributed by atoms with van der Waals surface area (Å²) in [6.45, 7) is 0. The average molecular weight is 348 g/mol. The van der Waals surface area contributed by atoms with Gasteiger partial charge in [-0.1, -0.05) is 36.4 Å². The van der Waals surface area contributed by atoms with Crippen molar-refractivity contribution in [3.05, 3.63) is 65.2 Å². The molecule has 0 unspecified atom stereocenters. The van der Waals surface area contributed by atoms with E-state index in [-0.39, 0.29) is 23.8 Å². The molecule has 4 nitrogen and oxygen atoms in total. The molecule has 1 atom stereocenters. The Morgan fingerprint density at radius 3 is 2.54 bits per heavy atom. The zero-order valence-corrected chi connectivity index (χ0v) is 15.1. The molecule has 2 aromatic carbocycles. The van der Waals surface area contributed by atoms with Crippen molar-refractivity contribution in [2.75, 3.05) is 11.9 Å². The highest BCUT2D eigenvalue weighted by Crippen LogP contribution is 2.34. The molecular weight excluding hydrogens is 324 g/mol. The molecule has 2 aliphatic rings. The minimum absolute atomic E-state index is 0.0324. The largest absolute Gasteiger partial charge is 0.345 e. The zero-order valence-electron chi connectivity index (χ0n) is 15.1. The number of amides is 2. The van der Waals surface area contributed by atoms with Crippen molar-refractivity contribution in [2.24, 2.45) is 5.92 Å². The number of fused-ring (bicyclic) bond motifs is 1. The summed E-state index contributed by atoms with van der Waals surface area (Å²) in [6, 6.07) is 15.7. The minimum Gasteiger partial charge on any atom is -0.345 e. The number of carbonyl (C=O) groups is 2. The van der Waals surface area contributed by atoms with E-state index in [1.807, 2.05) is 24.3 Å². The zero-order chi connectivity index (χ0) is 18.1. The van der Waals surface area contributed by atoms with Crippen LogP contribution in [0.5, 0.6) is 0 Å². The Bertz CT molecular complexity index is 842. The van der Waals surface area contributed by atoms with Gasteiger partial charge in [-0.05, 0) is 55.4 Å². The highest BCUT2D eigenvalue weighted by atomic mass is 16.2. The third-order valence-electron chi connectivity index (χ3n) is 5.44. The van der Waals surface area contributed by atoms with E-state index >= 15 is 0 Å². The number of para-hydroxylation sites is 1. The van der Waals surface area contributed by atoms with E-state index in [9.17, 15) is 9.59 Å². The molecule has 134 valence electrons. The molecule has 1 fully saturated rings. The second kappa shape index (κ2) is 6.94. The summed E-state index contributed by atoms with van der Waals surface area (Å²) in [5, 5.41) is 3.19. The van der Waals surface area contributed by atoms with Crippen LogP contribution in [0.15, 0.2) is 48.5 Å². The molecule has 1 N–H and O–H groups in total. The summed E-state index contributed by atoms with van der Waals surface area (Å²) in [4.78, 5) is 27.1. The number of rotatable bonds is 4. The molecule has 0 aliphatic heterocycles. The minimum atomic E-state index is -0.113. The molecule has 0 aromatic heterocycles. The predicted octanol–water partition coefficient (Wildman–Crippen LogP) is 3.87. The van der Waals surface area contributed by atoms with Gasteiger partial charge >= 0.3 is 0 Å². The lowest BCUT2D eigenvalue weighted by molar-refractivity contribution is -0.119. The van der Waals surface area contributed by atoms with Crippen molar-refractivity contribution in [1.82, 2.24) is 5.32 Å². The summed E-state index contributed by atoms with van der Waals surface area (Å²) in [6.07, 6.45) is 5.00. The molecule has 2 aromatic rings. The highest BCUT2D eigenvalue weighted by molar-refractivity contribution is 6.05. The van der Waals surface area contributed by atoms with Crippen LogP contribution in [0.1, 0.15) is 53.2 Å². The molecule has 1 saturated carbocycles. The van der Waals surface area contributed by atoms with Crippen LogP contribution in [0, 0.1) is 5.92 Å². The molecule has 0 bridgehead atoms. The van der Waals surface area contributed by atoms with Crippen molar-refractivity contribution in [1.29, 1.82) is 0 Å². The maximum absolute atomic E-state index is 13.0. The summed E-state index contributed by atoms with van der Waals surface area (Å²) < 4.78 is 0. The number of hydrogen-bond donors (Lipinski definition) is 1. The lowest BCUT2D eigenvalue weighted by atomic mass is 9.87. The van der Waals surface area contributed by atoms with E-state index in [0.29, 0.717) is 11.3 Å². The Labute approximate surface area is 154 Å². The summed E-state index contributed by atoms with van der Waals surface area (Å²) in [7, 11) is 1.77.